The van der Waals surface area contributed by atoms with Gasteiger partial charge in [0.1, 0.15) is 7.85 Å². The number of benzene rings is 2. The van der Waals surface area contributed by atoms with Crippen LogP contribution in [0.5, 0.6) is 0 Å². The Morgan fingerprint density at radius 2 is 1.82 bits per heavy atom. The molecule has 0 atom stereocenters. The van der Waals surface area contributed by atoms with Crippen LogP contribution >= 0.6 is 0 Å². The van der Waals surface area contributed by atoms with E-state index in [9.17, 15) is 0 Å². The van der Waals surface area contributed by atoms with Crippen molar-refractivity contribution in [2.45, 2.75) is 6.54 Å². The fourth-order valence-corrected chi connectivity index (χ4v) is 2.13. The highest BCUT2D eigenvalue weighted by Gasteiger charge is 2.04. The molecule has 82 valence electrons. The Morgan fingerprint density at radius 1 is 1.00 bits per heavy atom. The lowest BCUT2D eigenvalue weighted by Gasteiger charge is -2.04. The van der Waals surface area contributed by atoms with Crippen LogP contribution in [0, 0.1) is 0 Å². The number of aromatic nitrogens is 2. The van der Waals surface area contributed by atoms with Crippen molar-refractivity contribution in [2.24, 2.45) is 0 Å². The quantitative estimate of drug-likeness (QED) is 0.596. The van der Waals surface area contributed by atoms with Crippen LogP contribution in [0.2, 0.25) is 0 Å². The maximum Gasteiger partial charge on any atom is 0.140 e. The largest absolute Gasteiger partial charge is 0.260 e. The monoisotopic (exact) mass is 220 g/mol. The average Bonchev–Trinajstić information content (AvgIpc) is 2.76. The summed E-state index contributed by atoms with van der Waals surface area (Å²) in [5, 5.41) is 5.71. The third-order valence-electron chi connectivity index (χ3n) is 3.08. The van der Waals surface area contributed by atoms with Gasteiger partial charge in [-0.25, -0.2) is 0 Å². The second-order valence-electron chi connectivity index (χ2n) is 4.30. The minimum Gasteiger partial charge on any atom is -0.260 e. The van der Waals surface area contributed by atoms with Crippen molar-refractivity contribution in [3.63, 3.8) is 0 Å². The zero-order chi connectivity index (χ0) is 11.7. The van der Waals surface area contributed by atoms with Crippen molar-refractivity contribution < 1.29 is 0 Å². The second-order valence-corrected chi connectivity index (χ2v) is 4.30. The summed E-state index contributed by atoms with van der Waals surface area (Å²) in [5.74, 6) is 0. The molecule has 0 radical (unpaired) electrons. The van der Waals surface area contributed by atoms with Crippen molar-refractivity contribution in [1.29, 1.82) is 0 Å². The van der Waals surface area contributed by atoms with E-state index in [1.165, 1.54) is 21.9 Å². The fourth-order valence-electron chi connectivity index (χ4n) is 2.13. The lowest BCUT2D eigenvalue weighted by Crippen LogP contribution is -2.04. The normalized spacial score (nSPS) is 10.8. The molecule has 0 spiro atoms. The standard InChI is InChI=1S/C14H13BN2/c15-13-7-4-8-14-12(13)9-16-17(14)10-11-5-2-1-3-6-11/h1-9H,10,15H2. The van der Waals surface area contributed by atoms with Crippen LogP contribution in [0.1, 0.15) is 5.56 Å². The van der Waals surface area contributed by atoms with Crippen molar-refractivity contribution in [2.75, 3.05) is 0 Å². The molecule has 3 heteroatoms. The van der Waals surface area contributed by atoms with Gasteiger partial charge in [0, 0.05) is 5.39 Å². The fraction of sp³-hybridized carbons (Fsp3) is 0.0714. The smallest absolute Gasteiger partial charge is 0.140 e. The molecule has 0 amide bonds. The first-order valence-electron chi connectivity index (χ1n) is 5.79. The van der Waals surface area contributed by atoms with Crippen LogP contribution in [-0.2, 0) is 6.54 Å². The van der Waals surface area contributed by atoms with Gasteiger partial charge >= 0.3 is 0 Å². The zero-order valence-electron chi connectivity index (χ0n) is 9.80. The Balaban J connectivity index is 2.05. The predicted octanol–water partition coefficient (Wildman–Crippen LogP) is 1.34. The van der Waals surface area contributed by atoms with Gasteiger partial charge in [-0.3, -0.25) is 4.68 Å². The number of fused-ring (bicyclic) bond motifs is 1. The molecule has 0 saturated heterocycles. The maximum absolute atomic E-state index is 4.47. The summed E-state index contributed by atoms with van der Waals surface area (Å²) >= 11 is 0. The van der Waals surface area contributed by atoms with E-state index in [1.54, 1.807) is 0 Å². The van der Waals surface area contributed by atoms with Crippen molar-refractivity contribution in [1.82, 2.24) is 9.78 Å². The molecular formula is C14H13BN2. The molecule has 0 aliphatic carbocycles. The van der Waals surface area contributed by atoms with E-state index in [4.69, 9.17) is 0 Å². The van der Waals surface area contributed by atoms with Crippen LogP contribution in [0.3, 0.4) is 0 Å². The molecule has 0 aliphatic rings. The summed E-state index contributed by atoms with van der Waals surface area (Å²) in [4.78, 5) is 0. The molecule has 2 aromatic carbocycles. The van der Waals surface area contributed by atoms with Gasteiger partial charge < -0.3 is 0 Å². The third kappa shape index (κ3) is 1.84. The first-order chi connectivity index (χ1) is 8.34. The lowest BCUT2D eigenvalue weighted by molar-refractivity contribution is 0.712. The van der Waals surface area contributed by atoms with Crippen molar-refractivity contribution >= 4 is 24.2 Å². The van der Waals surface area contributed by atoms with E-state index < -0.39 is 0 Å². The SMILES string of the molecule is Bc1cccc2c1cnn2Cc1ccccc1. The van der Waals surface area contributed by atoms with E-state index in [-0.39, 0.29) is 0 Å². The highest BCUT2D eigenvalue weighted by atomic mass is 15.3. The van der Waals surface area contributed by atoms with Gasteiger partial charge in [-0.1, -0.05) is 47.9 Å². The maximum atomic E-state index is 4.47. The number of hydrogen-bond donors (Lipinski definition) is 0. The van der Waals surface area contributed by atoms with E-state index >= 15 is 0 Å². The molecule has 1 heterocycles. The summed E-state index contributed by atoms with van der Waals surface area (Å²) < 4.78 is 2.05. The van der Waals surface area contributed by atoms with Gasteiger partial charge in [0.15, 0.2) is 0 Å². The lowest BCUT2D eigenvalue weighted by atomic mass is 9.93. The molecule has 0 saturated carbocycles. The van der Waals surface area contributed by atoms with Crippen LogP contribution in [0.4, 0.5) is 0 Å². The van der Waals surface area contributed by atoms with Gasteiger partial charge in [0.25, 0.3) is 0 Å². The highest BCUT2D eigenvalue weighted by Crippen LogP contribution is 2.12. The first kappa shape index (κ1) is 10.1. The van der Waals surface area contributed by atoms with Crippen LogP contribution < -0.4 is 5.46 Å². The highest BCUT2D eigenvalue weighted by molar-refractivity contribution is 6.38. The molecule has 17 heavy (non-hydrogen) atoms. The molecule has 0 unspecified atom stereocenters. The van der Waals surface area contributed by atoms with Gasteiger partial charge in [0.2, 0.25) is 0 Å². The van der Waals surface area contributed by atoms with Gasteiger partial charge in [-0.2, -0.15) is 5.10 Å². The zero-order valence-corrected chi connectivity index (χ0v) is 9.80. The average molecular weight is 220 g/mol. The topological polar surface area (TPSA) is 17.8 Å². The van der Waals surface area contributed by atoms with E-state index in [0.717, 1.165) is 6.54 Å². The van der Waals surface area contributed by atoms with Gasteiger partial charge in [0.05, 0.1) is 18.3 Å². The summed E-state index contributed by atoms with van der Waals surface area (Å²) in [6, 6.07) is 16.7. The van der Waals surface area contributed by atoms with Crippen molar-refractivity contribution in [3.8, 4) is 0 Å². The van der Waals surface area contributed by atoms with Crippen LogP contribution in [0.15, 0.2) is 54.7 Å². The molecule has 1 aromatic heterocycles. The Morgan fingerprint density at radius 3 is 2.65 bits per heavy atom. The van der Waals surface area contributed by atoms with Crippen LogP contribution in [-0.4, -0.2) is 17.6 Å². The van der Waals surface area contributed by atoms with E-state index in [2.05, 4.69) is 60.1 Å². The third-order valence-corrected chi connectivity index (χ3v) is 3.08. The number of hydrogen-bond acceptors (Lipinski definition) is 1. The number of rotatable bonds is 2. The van der Waals surface area contributed by atoms with Crippen molar-refractivity contribution in [3.05, 3.63) is 60.3 Å². The minimum atomic E-state index is 0.827. The molecular weight excluding hydrogens is 207 g/mol. The Hall–Kier alpha value is -2.03. The summed E-state index contributed by atoms with van der Waals surface area (Å²) in [6.07, 6.45) is 1.95. The molecule has 3 rings (SSSR count). The van der Waals surface area contributed by atoms with Gasteiger partial charge in [-0.15, -0.1) is 0 Å². The minimum absolute atomic E-state index is 0.827. The second kappa shape index (κ2) is 4.09. The first-order valence-corrected chi connectivity index (χ1v) is 5.79. The Kier molecular flexibility index (Phi) is 2.44. The molecule has 0 fully saturated rings. The Labute approximate surface area is 101 Å². The summed E-state index contributed by atoms with van der Waals surface area (Å²) in [6.45, 7) is 0.827. The Bertz CT molecular complexity index is 644. The van der Waals surface area contributed by atoms with Gasteiger partial charge in [-0.05, 0) is 11.6 Å². The molecule has 0 aliphatic heterocycles. The van der Waals surface area contributed by atoms with E-state index in [1.807, 2.05) is 12.3 Å². The molecule has 0 bridgehead atoms. The predicted molar refractivity (Wildman–Crippen MR) is 73.5 cm³/mol. The van der Waals surface area contributed by atoms with E-state index in [0.29, 0.717) is 0 Å². The summed E-state index contributed by atoms with van der Waals surface area (Å²) in [7, 11) is 2.12. The molecule has 2 nitrogen and oxygen atoms in total. The van der Waals surface area contributed by atoms with Crippen LogP contribution in [0.25, 0.3) is 10.9 Å². The molecule has 3 aromatic rings. The number of nitrogens with zero attached hydrogens (tertiary/aromatic N) is 2. The molecule has 0 N–H and O–H groups in total. The summed E-state index contributed by atoms with van der Waals surface area (Å²) in [5.41, 5.74) is 3.76.